The number of methoxy groups -OCH3 is 1. The lowest BCUT2D eigenvalue weighted by Crippen LogP contribution is -2.44. The normalized spacial score (nSPS) is 16.1. The predicted octanol–water partition coefficient (Wildman–Crippen LogP) is 1.92. The van der Waals surface area contributed by atoms with Crippen LogP contribution in [0.15, 0.2) is 40.2 Å². The minimum Gasteiger partial charge on any atom is -0.382 e. The van der Waals surface area contributed by atoms with E-state index in [9.17, 15) is 8.42 Å². The number of piperidine rings is 1. The van der Waals surface area contributed by atoms with E-state index in [1.165, 1.54) is 0 Å². The average Bonchev–Trinajstić information content (AvgIpc) is 2.76. The Hall–Kier alpha value is -0.950. The van der Waals surface area contributed by atoms with Crippen molar-refractivity contribution >= 4 is 40.0 Å². The molecule has 30 heavy (non-hydrogen) atoms. The number of ether oxygens (including phenoxy) is 2. The largest absolute Gasteiger partial charge is 0.382 e. The van der Waals surface area contributed by atoms with Gasteiger partial charge in [-0.05, 0) is 37.3 Å². The fourth-order valence-electron chi connectivity index (χ4n) is 3.18. The second-order valence-electron chi connectivity index (χ2n) is 7.00. The maximum absolute atomic E-state index is 12.7. The minimum absolute atomic E-state index is 0. The van der Waals surface area contributed by atoms with Crippen molar-refractivity contribution in [2.45, 2.75) is 24.2 Å². The van der Waals surface area contributed by atoms with Crippen molar-refractivity contribution in [3.05, 3.63) is 30.3 Å². The Morgan fingerprint density at radius 1 is 1.13 bits per heavy atom. The van der Waals surface area contributed by atoms with Crippen molar-refractivity contribution in [1.82, 2.24) is 14.9 Å². The summed E-state index contributed by atoms with van der Waals surface area (Å²) in [5, 5.41) is 6.62. The molecule has 1 saturated heterocycles. The smallest absolute Gasteiger partial charge is 0.243 e. The molecule has 0 spiro atoms. The molecule has 2 N–H and O–H groups in total. The van der Waals surface area contributed by atoms with E-state index in [1.807, 2.05) is 6.07 Å². The van der Waals surface area contributed by atoms with Gasteiger partial charge in [-0.3, -0.25) is 4.99 Å². The number of nitrogens with zero attached hydrogens (tertiary/aromatic N) is 2. The molecule has 10 heteroatoms. The summed E-state index contributed by atoms with van der Waals surface area (Å²) in [7, 11) is 0.0210. The Labute approximate surface area is 197 Å². The SMILES string of the molecule is CN=C(NCCCOCCOC)NCC1CCN(S(=O)(=O)c2ccccc2)CC1.I. The number of hydrogen-bond acceptors (Lipinski definition) is 5. The molecule has 1 aromatic rings. The van der Waals surface area contributed by atoms with Crippen LogP contribution in [-0.2, 0) is 19.5 Å². The maximum Gasteiger partial charge on any atom is 0.243 e. The van der Waals surface area contributed by atoms with Crippen LogP contribution in [0.1, 0.15) is 19.3 Å². The molecule has 0 bridgehead atoms. The van der Waals surface area contributed by atoms with Gasteiger partial charge < -0.3 is 20.1 Å². The summed E-state index contributed by atoms with van der Waals surface area (Å²) in [5.74, 6) is 1.19. The molecule has 0 amide bonds. The first-order valence-electron chi connectivity index (χ1n) is 10.1. The predicted molar refractivity (Wildman–Crippen MR) is 130 cm³/mol. The molecule has 0 radical (unpaired) electrons. The molecule has 0 saturated carbocycles. The zero-order valence-electron chi connectivity index (χ0n) is 17.9. The van der Waals surface area contributed by atoms with Gasteiger partial charge in [0.2, 0.25) is 10.0 Å². The zero-order valence-corrected chi connectivity index (χ0v) is 21.0. The second-order valence-corrected chi connectivity index (χ2v) is 8.94. The quantitative estimate of drug-likeness (QED) is 0.188. The van der Waals surface area contributed by atoms with Gasteiger partial charge >= 0.3 is 0 Å². The summed E-state index contributed by atoms with van der Waals surface area (Å²) in [5.41, 5.74) is 0. The molecular formula is C20H35IN4O4S. The number of nitrogens with one attached hydrogen (secondary N) is 2. The second kappa shape index (κ2) is 15.0. The first-order valence-corrected chi connectivity index (χ1v) is 11.6. The molecule has 1 aliphatic rings. The Morgan fingerprint density at radius 2 is 1.83 bits per heavy atom. The molecular weight excluding hydrogens is 519 g/mol. The van der Waals surface area contributed by atoms with Crippen LogP contribution in [0.3, 0.4) is 0 Å². The van der Waals surface area contributed by atoms with Crippen LogP contribution in [0.5, 0.6) is 0 Å². The third-order valence-corrected chi connectivity index (χ3v) is 6.84. The number of guanidine groups is 1. The van der Waals surface area contributed by atoms with Gasteiger partial charge in [0.25, 0.3) is 0 Å². The van der Waals surface area contributed by atoms with Gasteiger partial charge in [-0.2, -0.15) is 4.31 Å². The molecule has 0 unspecified atom stereocenters. The van der Waals surface area contributed by atoms with E-state index >= 15 is 0 Å². The first-order chi connectivity index (χ1) is 14.1. The van der Waals surface area contributed by atoms with E-state index in [0.29, 0.717) is 43.7 Å². The molecule has 1 aromatic carbocycles. The molecule has 1 fully saturated rings. The zero-order chi connectivity index (χ0) is 21.0. The molecule has 2 rings (SSSR count). The van der Waals surface area contributed by atoms with Gasteiger partial charge in [-0.25, -0.2) is 8.42 Å². The summed E-state index contributed by atoms with van der Waals surface area (Å²) in [6.45, 7) is 4.57. The highest BCUT2D eigenvalue weighted by atomic mass is 127. The number of aliphatic imine (C=N–C) groups is 1. The Balaban J connectivity index is 0.00000450. The van der Waals surface area contributed by atoms with E-state index < -0.39 is 10.0 Å². The van der Waals surface area contributed by atoms with Gasteiger partial charge in [0.05, 0.1) is 18.1 Å². The average molecular weight is 554 g/mol. The number of halogens is 1. The fraction of sp³-hybridized carbons (Fsp3) is 0.650. The van der Waals surface area contributed by atoms with Crippen molar-refractivity contribution in [1.29, 1.82) is 0 Å². The lowest BCUT2D eigenvalue weighted by molar-refractivity contribution is 0.0698. The molecule has 0 atom stereocenters. The van der Waals surface area contributed by atoms with E-state index in [0.717, 1.165) is 38.3 Å². The van der Waals surface area contributed by atoms with Crippen LogP contribution in [-0.4, -0.2) is 78.8 Å². The Kier molecular flexibility index (Phi) is 13.5. The van der Waals surface area contributed by atoms with Crippen LogP contribution in [0.25, 0.3) is 0 Å². The highest BCUT2D eigenvalue weighted by molar-refractivity contribution is 14.0. The van der Waals surface area contributed by atoms with Crippen LogP contribution < -0.4 is 10.6 Å². The summed E-state index contributed by atoms with van der Waals surface area (Å²) in [4.78, 5) is 4.61. The van der Waals surface area contributed by atoms with E-state index in [-0.39, 0.29) is 24.0 Å². The molecule has 0 aliphatic carbocycles. The summed E-state index contributed by atoms with van der Waals surface area (Å²) >= 11 is 0. The summed E-state index contributed by atoms with van der Waals surface area (Å²) in [6, 6.07) is 8.65. The fourth-order valence-corrected chi connectivity index (χ4v) is 4.67. The van der Waals surface area contributed by atoms with Crippen molar-refractivity contribution in [3.63, 3.8) is 0 Å². The summed E-state index contributed by atoms with van der Waals surface area (Å²) < 4.78 is 37.4. The Bertz CT molecular complexity index is 711. The topological polar surface area (TPSA) is 92.3 Å². The van der Waals surface area contributed by atoms with E-state index in [1.54, 1.807) is 42.7 Å². The van der Waals surface area contributed by atoms with Gasteiger partial charge in [-0.1, -0.05) is 18.2 Å². The number of benzene rings is 1. The van der Waals surface area contributed by atoms with Crippen molar-refractivity contribution in [2.24, 2.45) is 10.9 Å². The standard InChI is InChI=1S/C20H34N4O4S.HI/c1-21-20(22-11-6-14-28-16-15-27-2)23-17-18-9-12-24(13-10-18)29(25,26)19-7-4-3-5-8-19;/h3-5,7-8,18H,6,9-17H2,1-2H3,(H2,21,22,23);1H. The van der Waals surface area contributed by atoms with Crippen LogP contribution in [0.4, 0.5) is 0 Å². The number of hydrogen-bond donors (Lipinski definition) is 2. The van der Waals surface area contributed by atoms with Crippen LogP contribution in [0.2, 0.25) is 0 Å². The van der Waals surface area contributed by atoms with Crippen LogP contribution in [0, 0.1) is 5.92 Å². The van der Waals surface area contributed by atoms with Crippen LogP contribution >= 0.6 is 24.0 Å². The van der Waals surface area contributed by atoms with Gasteiger partial charge in [0.15, 0.2) is 5.96 Å². The summed E-state index contributed by atoms with van der Waals surface area (Å²) in [6.07, 6.45) is 2.56. The third kappa shape index (κ3) is 9.04. The van der Waals surface area contributed by atoms with E-state index in [4.69, 9.17) is 9.47 Å². The van der Waals surface area contributed by atoms with Crippen molar-refractivity contribution < 1.29 is 17.9 Å². The Morgan fingerprint density at radius 3 is 2.47 bits per heavy atom. The number of sulfonamides is 1. The number of rotatable bonds is 11. The van der Waals surface area contributed by atoms with Gasteiger partial charge in [0.1, 0.15) is 0 Å². The van der Waals surface area contributed by atoms with Gasteiger partial charge in [-0.15, -0.1) is 24.0 Å². The third-order valence-electron chi connectivity index (χ3n) is 4.93. The lowest BCUT2D eigenvalue weighted by Gasteiger charge is -2.31. The van der Waals surface area contributed by atoms with E-state index in [2.05, 4.69) is 15.6 Å². The molecule has 1 aliphatic heterocycles. The van der Waals surface area contributed by atoms with Gasteiger partial charge in [0, 0.05) is 46.9 Å². The monoisotopic (exact) mass is 554 g/mol. The molecule has 172 valence electrons. The minimum atomic E-state index is -3.39. The highest BCUT2D eigenvalue weighted by Crippen LogP contribution is 2.23. The maximum atomic E-state index is 12.7. The highest BCUT2D eigenvalue weighted by Gasteiger charge is 2.29. The first kappa shape index (κ1) is 27.1. The molecule has 8 nitrogen and oxygen atoms in total. The lowest BCUT2D eigenvalue weighted by atomic mass is 9.98. The molecule has 0 aromatic heterocycles. The van der Waals surface area contributed by atoms with Crippen molar-refractivity contribution in [3.8, 4) is 0 Å². The molecule has 1 heterocycles. The van der Waals surface area contributed by atoms with Crippen molar-refractivity contribution in [2.75, 3.05) is 60.2 Å².